The van der Waals surface area contributed by atoms with Crippen LogP contribution in [0, 0.1) is 6.08 Å². The van der Waals surface area contributed by atoms with Crippen molar-refractivity contribution in [1.29, 1.82) is 0 Å². The summed E-state index contributed by atoms with van der Waals surface area (Å²) in [6.07, 6.45) is 2.45. The van der Waals surface area contributed by atoms with Gasteiger partial charge in [0.1, 0.15) is 5.52 Å². The molecule has 2 rings (SSSR count). The second-order valence-electron chi connectivity index (χ2n) is 3.47. The largest absolute Gasteiger partial charge is 0.309 e. The van der Waals surface area contributed by atoms with Gasteiger partial charge in [0, 0.05) is 6.20 Å². The van der Waals surface area contributed by atoms with Gasteiger partial charge in [0.15, 0.2) is 0 Å². The molecule has 0 aliphatic heterocycles. The van der Waals surface area contributed by atoms with E-state index in [4.69, 9.17) is 0 Å². The second-order valence-corrected chi connectivity index (χ2v) is 3.47. The Kier molecular flexibility index (Phi) is 2.11. The molecule has 0 aromatic carbocycles. The fraction of sp³-hybridized carbons (Fsp3) is 0.300. The van der Waals surface area contributed by atoms with Crippen LogP contribution in [-0.2, 0) is 0 Å². The number of pyridine rings is 1. The zero-order valence-electron chi connectivity index (χ0n) is 8.03. The molecule has 2 heterocycles. The third-order valence-corrected chi connectivity index (χ3v) is 2.09. The van der Waals surface area contributed by atoms with Crippen molar-refractivity contribution in [2.24, 2.45) is 0 Å². The maximum absolute atomic E-state index is 12.7. The van der Waals surface area contributed by atoms with E-state index in [1.165, 1.54) is 6.20 Å². The van der Waals surface area contributed by atoms with Crippen LogP contribution in [0.2, 0.25) is 0 Å². The molecule has 0 bridgehead atoms. The molecule has 0 aliphatic carbocycles. The quantitative estimate of drug-likeness (QED) is 0.649. The average Bonchev–Trinajstić information content (AvgIpc) is 2.16. The Hall–Kier alpha value is -1.58. The van der Waals surface area contributed by atoms with Crippen LogP contribution in [0.25, 0.3) is 11.0 Å². The van der Waals surface area contributed by atoms with Gasteiger partial charge in [-0.25, -0.2) is 9.97 Å². The molecule has 0 N–H and O–H groups in total. The Morgan fingerprint density at radius 2 is 1.93 bits per heavy atom. The number of nitrogens with zero attached hydrogens (tertiary/aromatic N) is 3. The lowest BCUT2D eigenvalue weighted by Gasteiger charge is -2.04. The highest BCUT2D eigenvalue weighted by molar-refractivity contribution is 5.73. The van der Waals surface area contributed by atoms with E-state index in [0.717, 1.165) is 5.56 Å². The highest BCUT2D eigenvalue weighted by Gasteiger charge is 2.04. The summed E-state index contributed by atoms with van der Waals surface area (Å²) in [5.74, 6) is 0.366. The maximum Gasteiger partial charge on any atom is 0.309 e. The molecule has 0 spiro atoms. The molecule has 0 amide bonds. The number of rotatable bonds is 1. The molecule has 0 atom stereocenters. The van der Waals surface area contributed by atoms with Gasteiger partial charge in [0.05, 0.1) is 11.7 Å². The van der Waals surface area contributed by atoms with Crippen LogP contribution in [0.5, 0.6) is 0 Å². The van der Waals surface area contributed by atoms with Crippen LogP contribution in [0.4, 0.5) is 4.39 Å². The topological polar surface area (TPSA) is 38.7 Å². The van der Waals surface area contributed by atoms with E-state index in [2.05, 4.69) is 28.8 Å². The smallest absolute Gasteiger partial charge is 0.253 e. The van der Waals surface area contributed by atoms with E-state index in [0.29, 0.717) is 17.0 Å². The summed E-state index contributed by atoms with van der Waals surface area (Å²) in [4.78, 5) is 11.3. The first-order valence-corrected chi connectivity index (χ1v) is 4.45. The summed E-state index contributed by atoms with van der Waals surface area (Å²) < 4.78 is 12.7. The lowest BCUT2D eigenvalue weighted by molar-refractivity contribution is 0.544. The maximum atomic E-state index is 12.7. The Balaban J connectivity index is 2.63. The van der Waals surface area contributed by atoms with Crippen molar-refractivity contribution in [3.63, 3.8) is 0 Å². The van der Waals surface area contributed by atoms with Gasteiger partial charge in [-0.15, -0.1) is 0 Å². The minimum Gasteiger partial charge on any atom is -0.253 e. The first kappa shape index (κ1) is 8.99. The third kappa shape index (κ3) is 1.55. The van der Waals surface area contributed by atoms with Gasteiger partial charge in [-0.3, -0.25) is 4.98 Å². The molecule has 2 aromatic heterocycles. The lowest BCUT2D eigenvalue weighted by atomic mass is 10.1. The highest BCUT2D eigenvalue weighted by atomic mass is 19.1. The monoisotopic (exact) mass is 191 g/mol. The molecule has 0 saturated heterocycles. The van der Waals surface area contributed by atoms with Crippen LogP contribution in [0.3, 0.4) is 0 Å². The SMILES string of the molecule is CC(C)c1cnc2cnc(F)nc2c1. The Bertz CT molecular complexity index is 468. The van der Waals surface area contributed by atoms with Gasteiger partial charge >= 0.3 is 6.08 Å². The first-order valence-electron chi connectivity index (χ1n) is 4.45. The molecule has 0 unspecified atom stereocenters. The summed E-state index contributed by atoms with van der Waals surface area (Å²) in [6, 6.07) is 1.84. The minimum atomic E-state index is -0.708. The predicted octanol–water partition coefficient (Wildman–Crippen LogP) is 2.29. The highest BCUT2D eigenvalue weighted by Crippen LogP contribution is 2.16. The van der Waals surface area contributed by atoms with E-state index in [9.17, 15) is 4.39 Å². The Labute approximate surface area is 81.0 Å². The molecule has 0 fully saturated rings. The van der Waals surface area contributed by atoms with Crippen molar-refractivity contribution in [1.82, 2.24) is 15.0 Å². The van der Waals surface area contributed by atoms with Gasteiger partial charge in [-0.1, -0.05) is 13.8 Å². The zero-order valence-corrected chi connectivity index (χ0v) is 8.03. The van der Waals surface area contributed by atoms with Crippen LogP contribution in [0.15, 0.2) is 18.5 Å². The standard InChI is InChI=1S/C10H10FN3/c1-6(2)7-3-8-9(12-4-7)5-13-10(11)14-8/h3-6H,1-2H3. The second kappa shape index (κ2) is 3.29. The van der Waals surface area contributed by atoms with E-state index in [1.807, 2.05) is 6.07 Å². The summed E-state index contributed by atoms with van der Waals surface area (Å²) in [6.45, 7) is 4.11. The lowest BCUT2D eigenvalue weighted by Crippen LogP contribution is -1.94. The molecule has 2 aromatic rings. The summed E-state index contributed by atoms with van der Waals surface area (Å²) >= 11 is 0. The van der Waals surface area contributed by atoms with E-state index in [1.54, 1.807) is 6.20 Å². The fourth-order valence-corrected chi connectivity index (χ4v) is 1.23. The van der Waals surface area contributed by atoms with E-state index >= 15 is 0 Å². The predicted molar refractivity (Wildman–Crippen MR) is 51.4 cm³/mol. The molecule has 14 heavy (non-hydrogen) atoms. The minimum absolute atomic E-state index is 0.366. The fourth-order valence-electron chi connectivity index (χ4n) is 1.23. The van der Waals surface area contributed by atoms with Gasteiger partial charge in [-0.2, -0.15) is 4.39 Å². The third-order valence-electron chi connectivity index (χ3n) is 2.09. The summed E-state index contributed by atoms with van der Waals surface area (Å²) in [7, 11) is 0. The Morgan fingerprint density at radius 3 is 2.64 bits per heavy atom. The van der Waals surface area contributed by atoms with Crippen molar-refractivity contribution >= 4 is 11.0 Å². The summed E-state index contributed by atoms with van der Waals surface area (Å²) in [5.41, 5.74) is 2.23. The van der Waals surface area contributed by atoms with Crippen molar-refractivity contribution < 1.29 is 4.39 Å². The molecule has 72 valence electrons. The normalized spacial score (nSPS) is 11.1. The first-order chi connectivity index (χ1) is 6.66. The Morgan fingerprint density at radius 1 is 1.14 bits per heavy atom. The van der Waals surface area contributed by atoms with Gasteiger partial charge in [0.2, 0.25) is 0 Å². The molecule has 3 nitrogen and oxygen atoms in total. The molecule has 4 heteroatoms. The zero-order chi connectivity index (χ0) is 10.1. The molecule has 0 radical (unpaired) electrons. The molecule has 0 aliphatic rings. The van der Waals surface area contributed by atoms with E-state index in [-0.39, 0.29) is 0 Å². The van der Waals surface area contributed by atoms with Gasteiger partial charge in [-0.05, 0) is 17.5 Å². The molecular weight excluding hydrogens is 181 g/mol. The van der Waals surface area contributed by atoms with Gasteiger partial charge in [0.25, 0.3) is 0 Å². The number of fused-ring (bicyclic) bond motifs is 1. The van der Waals surface area contributed by atoms with Crippen molar-refractivity contribution in [3.05, 3.63) is 30.1 Å². The number of hydrogen-bond acceptors (Lipinski definition) is 3. The van der Waals surface area contributed by atoms with Gasteiger partial charge < -0.3 is 0 Å². The molecular formula is C10H10FN3. The molecule has 0 saturated carbocycles. The summed E-state index contributed by atoms with van der Waals surface area (Å²) in [5, 5.41) is 0. The number of hydrogen-bond donors (Lipinski definition) is 0. The average molecular weight is 191 g/mol. The van der Waals surface area contributed by atoms with Crippen molar-refractivity contribution in [2.75, 3.05) is 0 Å². The van der Waals surface area contributed by atoms with Crippen LogP contribution < -0.4 is 0 Å². The van der Waals surface area contributed by atoms with Crippen molar-refractivity contribution in [3.8, 4) is 0 Å². The number of halogens is 1. The van der Waals surface area contributed by atoms with E-state index < -0.39 is 6.08 Å². The van der Waals surface area contributed by atoms with Crippen molar-refractivity contribution in [2.45, 2.75) is 19.8 Å². The van der Waals surface area contributed by atoms with Crippen LogP contribution >= 0.6 is 0 Å². The van der Waals surface area contributed by atoms with Crippen LogP contribution in [0.1, 0.15) is 25.3 Å². The van der Waals surface area contributed by atoms with Crippen LogP contribution in [-0.4, -0.2) is 15.0 Å². The number of aromatic nitrogens is 3.